The van der Waals surface area contributed by atoms with Crippen molar-refractivity contribution in [3.05, 3.63) is 101 Å². The van der Waals surface area contributed by atoms with Crippen LogP contribution in [0, 0.1) is 11.7 Å². The van der Waals surface area contributed by atoms with Crippen LogP contribution in [0.25, 0.3) is 5.69 Å². The smallest absolute Gasteiger partial charge is 0.217 e. The maximum absolute atomic E-state index is 10.6. The molecule has 3 aromatic carbocycles. The molecule has 4 nitrogen and oxygen atoms in total. The minimum Gasteiger partial charge on any atom is -0.493 e. The van der Waals surface area contributed by atoms with Crippen LogP contribution in [0.5, 0.6) is 17.4 Å². The van der Waals surface area contributed by atoms with Crippen LogP contribution in [-0.2, 0) is 6.54 Å². The minimum atomic E-state index is 0.167. The van der Waals surface area contributed by atoms with E-state index < -0.39 is 0 Å². The molecule has 4 rings (SSSR count). The number of benzene rings is 3. The quantitative estimate of drug-likeness (QED) is 0.435. The lowest BCUT2D eigenvalue weighted by atomic mass is 10.2. The van der Waals surface area contributed by atoms with Crippen molar-refractivity contribution in [3.63, 3.8) is 0 Å². The number of imidazole rings is 1. The highest BCUT2D eigenvalue weighted by Gasteiger charge is 2.15. The highest BCUT2D eigenvalue weighted by molar-refractivity contribution is 7.71. The first-order valence-corrected chi connectivity index (χ1v) is 9.42. The van der Waals surface area contributed by atoms with Crippen LogP contribution < -0.4 is 4.74 Å². The molecule has 1 aromatic heterocycles. The largest absolute Gasteiger partial charge is 0.493 e. The molecule has 1 N–H and O–H groups in total. The van der Waals surface area contributed by atoms with Gasteiger partial charge in [-0.2, -0.15) is 0 Å². The Morgan fingerprint density at radius 3 is 2.04 bits per heavy atom. The molecule has 28 heavy (non-hydrogen) atoms. The number of aromatic nitrogens is 2. The van der Waals surface area contributed by atoms with Gasteiger partial charge in [0.15, 0.2) is 4.77 Å². The second-order valence-electron chi connectivity index (χ2n) is 6.51. The van der Waals surface area contributed by atoms with E-state index in [0.717, 1.165) is 28.4 Å². The zero-order valence-corrected chi connectivity index (χ0v) is 16.3. The minimum absolute atomic E-state index is 0.167. The van der Waals surface area contributed by atoms with Gasteiger partial charge in [-0.15, -0.1) is 0 Å². The van der Waals surface area contributed by atoms with Crippen LogP contribution in [0.3, 0.4) is 0 Å². The Labute approximate surface area is 168 Å². The monoisotopic (exact) mass is 388 g/mol. The molecule has 0 saturated heterocycles. The van der Waals surface area contributed by atoms with Crippen molar-refractivity contribution in [1.82, 2.24) is 9.13 Å². The Bertz CT molecular complexity index is 1130. The van der Waals surface area contributed by atoms with Crippen molar-refractivity contribution < 1.29 is 9.84 Å². The lowest BCUT2D eigenvalue weighted by molar-refractivity contribution is 0.437. The van der Waals surface area contributed by atoms with Gasteiger partial charge in [-0.25, -0.2) is 0 Å². The molecular formula is C23H20N2O2S. The van der Waals surface area contributed by atoms with Gasteiger partial charge >= 0.3 is 0 Å². The number of hydrogen-bond acceptors (Lipinski definition) is 3. The number of rotatable bonds is 5. The molecule has 4 aromatic rings. The molecular weight excluding hydrogens is 368 g/mol. The Morgan fingerprint density at radius 1 is 0.821 bits per heavy atom. The number of aromatic hydroxyl groups is 1. The topological polar surface area (TPSA) is 39.3 Å². The van der Waals surface area contributed by atoms with Gasteiger partial charge in [-0.1, -0.05) is 48.5 Å². The summed E-state index contributed by atoms with van der Waals surface area (Å²) in [6.07, 6.45) is 0. The first-order chi connectivity index (χ1) is 13.6. The van der Waals surface area contributed by atoms with Crippen LogP contribution >= 0.6 is 12.2 Å². The van der Waals surface area contributed by atoms with E-state index in [9.17, 15) is 5.11 Å². The van der Waals surface area contributed by atoms with Crippen LogP contribution in [-0.4, -0.2) is 14.2 Å². The van der Waals surface area contributed by atoms with E-state index in [-0.39, 0.29) is 5.88 Å². The van der Waals surface area contributed by atoms with Gasteiger partial charge in [0.25, 0.3) is 0 Å². The second-order valence-corrected chi connectivity index (χ2v) is 6.87. The standard InChI is InChI=1S/C23H20N2O2S/c1-17-22(26)25(19-8-4-2-5-9-19)23(28)24(17)16-18-12-14-21(15-13-18)27-20-10-6-3-7-11-20/h2-15,26H,16H2,1H3. The number of ether oxygens (including phenoxy) is 1. The number of hydrogen-bond donors (Lipinski definition) is 1. The molecule has 0 spiro atoms. The van der Waals surface area contributed by atoms with E-state index in [2.05, 4.69) is 0 Å². The van der Waals surface area contributed by atoms with Crippen molar-refractivity contribution >= 4 is 12.2 Å². The van der Waals surface area contributed by atoms with E-state index in [4.69, 9.17) is 17.0 Å². The van der Waals surface area contributed by atoms with Gasteiger partial charge in [0.1, 0.15) is 11.5 Å². The van der Waals surface area contributed by atoms with E-state index in [1.54, 1.807) is 4.57 Å². The van der Waals surface area contributed by atoms with Gasteiger partial charge in [0, 0.05) is 0 Å². The van der Waals surface area contributed by atoms with Gasteiger partial charge in [0.05, 0.1) is 17.9 Å². The molecule has 0 aliphatic carbocycles. The first kappa shape index (κ1) is 18.1. The fourth-order valence-corrected chi connectivity index (χ4v) is 3.50. The number of para-hydroxylation sites is 2. The van der Waals surface area contributed by atoms with Crippen LogP contribution in [0.2, 0.25) is 0 Å². The molecule has 0 aliphatic rings. The van der Waals surface area contributed by atoms with Crippen LogP contribution in [0.15, 0.2) is 84.9 Å². The summed E-state index contributed by atoms with van der Waals surface area (Å²) < 4.78 is 10.0. The maximum atomic E-state index is 10.6. The molecule has 0 atom stereocenters. The zero-order valence-electron chi connectivity index (χ0n) is 15.4. The predicted molar refractivity (Wildman–Crippen MR) is 113 cm³/mol. The van der Waals surface area contributed by atoms with Crippen molar-refractivity contribution in [2.24, 2.45) is 0 Å². The van der Waals surface area contributed by atoms with Gasteiger partial charge in [0.2, 0.25) is 5.88 Å². The Kier molecular flexibility index (Phi) is 5.00. The Morgan fingerprint density at radius 2 is 1.39 bits per heavy atom. The lowest BCUT2D eigenvalue weighted by Crippen LogP contribution is -2.03. The second kappa shape index (κ2) is 7.74. The molecule has 0 aliphatic heterocycles. The number of nitrogens with zero attached hydrogens (tertiary/aromatic N) is 2. The summed E-state index contributed by atoms with van der Waals surface area (Å²) in [5.41, 5.74) is 2.65. The average Bonchev–Trinajstić information content (AvgIpc) is 2.94. The third-order valence-corrected chi connectivity index (χ3v) is 5.02. The van der Waals surface area contributed by atoms with Crippen molar-refractivity contribution in [2.45, 2.75) is 13.5 Å². The van der Waals surface area contributed by atoms with Crippen LogP contribution in [0.1, 0.15) is 11.3 Å². The fraction of sp³-hybridized carbons (Fsp3) is 0.0870. The van der Waals surface area contributed by atoms with E-state index in [0.29, 0.717) is 11.3 Å². The van der Waals surface area contributed by atoms with E-state index >= 15 is 0 Å². The van der Waals surface area contributed by atoms with Crippen LogP contribution in [0.4, 0.5) is 0 Å². The van der Waals surface area contributed by atoms with Crippen molar-refractivity contribution in [1.29, 1.82) is 0 Å². The third kappa shape index (κ3) is 3.57. The Balaban J connectivity index is 1.59. The van der Waals surface area contributed by atoms with Gasteiger partial charge < -0.3 is 14.4 Å². The summed E-state index contributed by atoms with van der Waals surface area (Å²) in [5.74, 6) is 1.75. The maximum Gasteiger partial charge on any atom is 0.217 e. The molecule has 0 amide bonds. The summed E-state index contributed by atoms with van der Waals surface area (Å²) >= 11 is 5.64. The summed E-state index contributed by atoms with van der Waals surface area (Å²) in [7, 11) is 0. The summed E-state index contributed by atoms with van der Waals surface area (Å²) in [6, 6.07) is 27.2. The fourth-order valence-electron chi connectivity index (χ4n) is 3.10. The highest BCUT2D eigenvalue weighted by atomic mass is 32.1. The summed E-state index contributed by atoms with van der Waals surface area (Å²) in [4.78, 5) is 0. The predicted octanol–water partition coefficient (Wildman–Crippen LogP) is 5.86. The van der Waals surface area contributed by atoms with Gasteiger partial charge in [-0.05, 0) is 61.1 Å². The molecule has 5 heteroatoms. The zero-order chi connectivity index (χ0) is 19.5. The molecule has 0 unspecified atom stereocenters. The average molecular weight is 388 g/mol. The molecule has 140 valence electrons. The molecule has 1 heterocycles. The highest BCUT2D eigenvalue weighted by Crippen LogP contribution is 2.26. The molecule has 0 fully saturated rings. The third-order valence-electron chi connectivity index (χ3n) is 4.62. The molecule has 0 bridgehead atoms. The summed E-state index contributed by atoms with van der Waals surface area (Å²) in [5, 5.41) is 10.6. The normalized spacial score (nSPS) is 10.8. The van der Waals surface area contributed by atoms with Gasteiger partial charge in [-0.3, -0.25) is 4.57 Å². The molecule has 0 saturated carbocycles. The Hall–Kier alpha value is -3.31. The lowest BCUT2D eigenvalue weighted by Gasteiger charge is -2.08. The van der Waals surface area contributed by atoms with E-state index in [1.807, 2.05) is 96.4 Å². The molecule has 0 radical (unpaired) electrons. The summed E-state index contributed by atoms with van der Waals surface area (Å²) in [6.45, 7) is 2.45. The van der Waals surface area contributed by atoms with E-state index in [1.165, 1.54) is 0 Å². The SMILES string of the molecule is Cc1c(O)n(-c2ccccc2)c(=S)n1Cc1ccc(Oc2ccccc2)cc1. The van der Waals surface area contributed by atoms with Crippen molar-refractivity contribution in [3.8, 4) is 23.1 Å². The van der Waals surface area contributed by atoms with Crippen molar-refractivity contribution in [2.75, 3.05) is 0 Å². The first-order valence-electron chi connectivity index (χ1n) is 9.02.